The van der Waals surface area contributed by atoms with Crippen molar-refractivity contribution >= 4 is 17.3 Å². The minimum atomic E-state index is -0.434. The number of nitrogens with zero attached hydrogens (tertiary/aromatic N) is 3. The molecule has 150 valence electrons. The number of hydrogen-bond acceptors (Lipinski definition) is 5. The fourth-order valence-electron chi connectivity index (χ4n) is 3.26. The Morgan fingerprint density at radius 1 is 1.21 bits per heavy atom. The Morgan fingerprint density at radius 2 is 1.93 bits per heavy atom. The van der Waals surface area contributed by atoms with Gasteiger partial charge in [0.25, 0.3) is 5.91 Å². The number of benzene rings is 2. The van der Waals surface area contributed by atoms with E-state index >= 15 is 0 Å². The first-order valence-electron chi connectivity index (χ1n) is 9.04. The summed E-state index contributed by atoms with van der Waals surface area (Å²) in [6, 6.07) is 12.7. The van der Waals surface area contributed by atoms with Gasteiger partial charge in [0.1, 0.15) is 17.1 Å². The normalized spacial score (nSPS) is 10.6. The molecule has 0 aliphatic rings. The second kappa shape index (κ2) is 8.14. The minimum Gasteiger partial charge on any atom is -0.495 e. The van der Waals surface area contributed by atoms with Crippen LogP contribution in [0.1, 0.15) is 32.9 Å². The molecule has 0 bridgehead atoms. The van der Waals surface area contributed by atoms with E-state index in [4.69, 9.17) is 4.74 Å². The van der Waals surface area contributed by atoms with Crippen LogP contribution in [0.2, 0.25) is 0 Å². The number of anilines is 1. The van der Waals surface area contributed by atoms with Crippen molar-refractivity contribution in [3.8, 4) is 5.75 Å². The molecule has 1 aromatic heterocycles. The summed E-state index contributed by atoms with van der Waals surface area (Å²) >= 11 is 0. The highest BCUT2D eigenvalue weighted by Gasteiger charge is 2.23. The Morgan fingerprint density at radius 3 is 2.59 bits per heavy atom. The van der Waals surface area contributed by atoms with Crippen LogP contribution in [0.5, 0.6) is 5.75 Å². The SMILES string of the molecule is COc1ccc(C)cc1NC(=O)c1ccccc1Cn1nc(C)c([N+](=O)[O-])c1C. The van der Waals surface area contributed by atoms with Gasteiger partial charge in [-0.2, -0.15) is 5.10 Å². The molecular weight excluding hydrogens is 372 g/mol. The van der Waals surface area contributed by atoms with Gasteiger partial charge in [-0.05, 0) is 50.1 Å². The van der Waals surface area contributed by atoms with Gasteiger partial charge in [-0.25, -0.2) is 0 Å². The summed E-state index contributed by atoms with van der Waals surface area (Å²) < 4.78 is 6.87. The predicted molar refractivity (Wildman–Crippen MR) is 110 cm³/mol. The van der Waals surface area contributed by atoms with Crippen molar-refractivity contribution in [2.24, 2.45) is 0 Å². The van der Waals surface area contributed by atoms with Crippen molar-refractivity contribution in [3.63, 3.8) is 0 Å². The topological polar surface area (TPSA) is 99.3 Å². The van der Waals surface area contributed by atoms with E-state index in [9.17, 15) is 14.9 Å². The third-order valence-corrected chi connectivity index (χ3v) is 4.71. The molecule has 1 N–H and O–H groups in total. The molecule has 1 heterocycles. The molecule has 3 rings (SSSR count). The lowest BCUT2D eigenvalue weighted by Gasteiger charge is -2.13. The molecule has 0 atom stereocenters. The van der Waals surface area contributed by atoms with Gasteiger partial charge in [0.15, 0.2) is 0 Å². The lowest BCUT2D eigenvalue weighted by Crippen LogP contribution is -2.17. The number of carbonyl (C=O) groups excluding carboxylic acids is 1. The smallest absolute Gasteiger partial charge is 0.312 e. The van der Waals surface area contributed by atoms with Crippen molar-refractivity contribution in [2.45, 2.75) is 27.3 Å². The van der Waals surface area contributed by atoms with Crippen LogP contribution in [-0.4, -0.2) is 27.7 Å². The van der Waals surface area contributed by atoms with Crippen LogP contribution in [0.3, 0.4) is 0 Å². The highest BCUT2D eigenvalue weighted by Crippen LogP contribution is 2.27. The Hall–Kier alpha value is -3.68. The number of amides is 1. The number of nitro groups is 1. The largest absolute Gasteiger partial charge is 0.495 e. The molecule has 0 saturated carbocycles. The summed E-state index contributed by atoms with van der Waals surface area (Å²) in [7, 11) is 1.55. The maximum atomic E-state index is 13.0. The number of ether oxygens (including phenoxy) is 1. The van der Waals surface area contributed by atoms with E-state index in [2.05, 4.69) is 10.4 Å². The fourth-order valence-corrected chi connectivity index (χ4v) is 3.26. The zero-order chi connectivity index (χ0) is 21.1. The van der Waals surface area contributed by atoms with E-state index in [1.54, 1.807) is 43.8 Å². The molecule has 1 amide bonds. The van der Waals surface area contributed by atoms with Gasteiger partial charge in [0.2, 0.25) is 0 Å². The van der Waals surface area contributed by atoms with E-state index in [1.807, 2.05) is 31.2 Å². The number of rotatable bonds is 6. The molecule has 0 unspecified atom stereocenters. The summed E-state index contributed by atoms with van der Waals surface area (Å²) in [6.07, 6.45) is 0. The molecule has 3 aromatic rings. The Balaban J connectivity index is 1.92. The number of aryl methyl sites for hydroxylation is 2. The number of methoxy groups -OCH3 is 1. The average molecular weight is 394 g/mol. The zero-order valence-corrected chi connectivity index (χ0v) is 16.7. The monoisotopic (exact) mass is 394 g/mol. The summed E-state index contributed by atoms with van der Waals surface area (Å²) in [4.78, 5) is 23.8. The first kappa shape index (κ1) is 20.1. The van der Waals surface area contributed by atoms with Crippen LogP contribution in [-0.2, 0) is 6.54 Å². The van der Waals surface area contributed by atoms with E-state index < -0.39 is 4.92 Å². The summed E-state index contributed by atoms with van der Waals surface area (Å²) in [6.45, 7) is 5.43. The first-order chi connectivity index (χ1) is 13.8. The molecule has 0 spiro atoms. The van der Waals surface area contributed by atoms with Gasteiger partial charge in [0, 0.05) is 5.56 Å². The van der Waals surface area contributed by atoms with Gasteiger partial charge in [-0.3, -0.25) is 19.6 Å². The standard InChI is InChI=1S/C21H22N4O4/c1-13-9-10-19(29-4)18(11-13)22-21(26)17-8-6-5-7-16(17)12-24-15(3)20(25(27)28)14(2)23-24/h5-11H,12H2,1-4H3,(H,22,26). The molecular formula is C21H22N4O4. The molecule has 8 heteroatoms. The quantitative estimate of drug-likeness (QED) is 0.503. The maximum absolute atomic E-state index is 13.0. The Bertz CT molecular complexity index is 1090. The van der Waals surface area contributed by atoms with Gasteiger partial charge >= 0.3 is 5.69 Å². The van der Waals surface area contributed by atoms with Crippen molar-refractivity contribution < 1.29 is 14.5 Å². The second-order valence-corrected chi connectivity index (χ2v) is 6.75. The molecule has 0 aliphatic carbocycles. The van der Waals surface area contributed by atoms with E-state index in [0.29, 0.717) is 34.0 Å². The number of nitrogens with one attached hydrogen (secondary N) is 1. The second-order valence-electron chi connectivity index (χ2n) is 6.75. The van der Waals surface area contributed by atoms with E-state index in [0.717, 1.165) is 5.56 Å². The number of hydrogen-bond donors (Lipinski definition) is 1. The van der Waals surface area contributed by atoms with Gasteiger partial charge in [0.05, 0.1) is 24.3 Å². The average Bonchev–Trinajstić information content (AvgIpc) is 2.95. The summed E-state index contributed by atoms with van der Waals surface area (Å²) in [5.74, 6) is 0.274. The molecule has 0 fully saturated rings. The fraction of sp³-hybridized carbons (Fsp3) is 0.238. The van der Waals surface area contributed by atoms with Crippen molar-refractivity contribution in [3.05, 3.63) is 80.7 Å². The molecule has 0 radical (unpaired) electrons. The van der Waals surface area contributed by atoms with Crippen LogP contribution in [0.4, 0.5) is 11.4 Å². The zero-order valence-electron chi connectivity index (χ0n) is 16.7. The van der Waals surface area contributed by atoms with Gasteiger partial charge in [-0.1, -0.05) is 24.3 Å². The van der Waals surface area contributed by atoms with Crippen LogP contribution in [0, 0.1) is 30.9 Å². The summed E-state index contributed by atoms with van der Waals surface area (Å²) in [5.41, 5.74) is 3.53. The van der Waals surface area contributed by atoms with Crippen LogP contribution >= 0.6 is 0 Å². The Kier molecular flexibility index (Phi) is 5.63. The highest BCUT2D eigenvalue weighted by atomic mass is 16.6. The summed E-state index contributed by atoms with van der Waals surface area (Å²) in [5, 5.41) is 18.4. The highest BCUT2D eigenvalue weighted by molar-refractivity contribution is 6.06. The van der Waals surface area contributed by atoms with Gasteiger partial charge in [-0.15, -0.1) is 0 Å². The minimum absolute atomic E-state index is 0.00331. The van der Waals surface area contributed by atoms with Crippen LogP contribution < -0.4 is 10.1 Å². The predicted octanol–water partition coefficient (Wildman–Crippen LogP) is 4.03. The number of aromatic nitrogens is 2. The van der Waals surface area contributed by atoms with E-state index in [-0.39, 0.29) is 18.1 Å². The molecule has 0 aliphatic heterocycles. The molecule has 0 saturated heterocycles. The molecule has 8 nitrogen and oxygen atoms in total. The van der Waals surface area contributed by atoms with Crippen LogP contribution in [0.15, 0.2) is 42.5 Å². The lowest BCUT2D eigenvalue weighted by atomic mass is 10.1. The maximum Gasteiger partial charge on any atom is 0.312 e. The lowest BCUT2D eigenvalue weighted by molar-refractivity contribution is -0.386. The number of carbonyl (C=O) groups is 1. The van der Waals surface area contributed by atoms with E-state index in [1.165, 1.54) is 0 Å². The molecule has 29 heavy (non-hydrogen) atoms. The third-order valence-electron chi connectivity index (χ3n) is 4.71. The van der Waals surface area contributed by atoms with Crippen LogP contribution in [0.25, 0.3) is 0 Å². The van der Waals surface area contributed by atoms with Crippen molar-refractivity contribution in [1.29, 1.82) is 0 Å². The molecule has 2 aromatic carbocycles. The third kappa shape index (κ3) is 4.11. The van der Waals surface area contributed by atoms with Crippen molar-refractivity contribution in [1.82, 2.24) is 9.78 Å². The first-order valence-corrected chi connectivity index (χ1v) is 9.04. The van der Waals surface area contributed by atoms with Crippen molar-refractivity contribution in [2.75, 3.05) is 12.4 Å². The van der Waals surface area contributed by atoms with Gasteiger partial charge < -0.3 is 10.1 Å². The Labute approximate surface area is 168 Å².